The maximum atomic E-state index is 11.3. The summed E-state index contributed by atoms with van der Waals surface area (Å²) < 4.78 is 0. The van der Waals surface area contributed by atoms with Gasteiger partial charge >= 0.3 is 5.97 Å². The van der Waals surface area contributed by atoms with E-state index in [4.69, 9.17) is 0 Å². The first kappa shape index (κ1) is 15.0. The minimum absolute atomic E-state index is 0.0883. The maximum absolute atomic E-state index is 11.3. The highest BCUT2D eigenvalue weighted by molar-refractivity contribution is 5.78. The molecule has 0 saturated carbocycles. The number of aromatic nitrogens is 2. The molecule has 0 spiro atoms. The van der Waals surface area contributed by atoms with Crippen LogP contribution in [0, 0.1) is 0 Å². The van der Waals surface area contributed by atoms with E-state index < -0.39 is 12.0 Å². The van der Waals surface area contributed by atoms with Gasteiger partial charge in [0.25, 0.3) is 0 Å². The first-order chi connectivity index (χ1) is 10.7. The fraction of sp³-hybridized carbons (Fsp3) is 0.667. The van der Waals surface area contributed by atoms with Crippen LogP contribution in [0.15, 0.2) is 12.4 Å². The fourth-order valence-electron chi connectivity index (χ4n) is 3.44. The van der Waals surface area contributed by atoms with Gasteiger partial charge in [-0.15, -0.1) is 0 Å². The van der Waals surface area contributed by atoms with Crippen molar-refractivity contribution in [3.05, 3.63) is 12.4 Å². The molecule has 22 heavy (non-hydrogen) atoms. The van der Waals surface area contributed by atoms with E-state index >= 15 is 0 Å². The van der Waals surface area contributed by atoms with Crippen LogP contribution in [0.5, 0.6) is 0 Å². The van der Waals surface area contributed by atoms with Crippen molar-refractivity contribution in [2.24, 2.45) is 0 Å². The lowest BCUT2D eigenvalue weighted by molar-refractivity contribution is -0.138. The number of carboxylic acids is 1. The Bertz CT molecular complexity index is 539. The summed E-state index contributed by atoms with van der Waals surface area (Å²) in [5.41, 5.74) is 0. The number of hydrogen-bond acceptors (Lipinski definition) is 6. The molecule has 7 nitrogen and oxygen atoms in total. The number of carbonyl (C=O) groups is 1. The first-order valence-electron chi connectivity index (χ1n) is 7.89. The van der Waals surface area contributed by atoms with Gasteiger partial charge in [0.05, 0.1) is 12.6 Å². The monoisotopic (exact) mass is 306 g/mol. The summed E-state index contributed by atoms with van der Waals surface area (Å²) in [5, 5.41) is 18.9. The summed E-state index contributed by atoms with van der Waals surface area (Å²) in [6.07, 6.45) is 6.16. The van der Waals surface area contributed by atoms with Crippen molar-refractivity contribution in [3.8, 4) is 0 Å². The van der Waals surface area contributed by atoms with E-state index in [1.54, 1.807) is 0 Å². The van der Waals surface area contributed by atoms with Gasteiger partial charge in [-0.05, 0) is 32.1 Å². The zero-order valence-corrected chi connectivity index (χ0v) is 12.6. The topological polar surface area (TPSA) is 89.8 Å². The van der Waals surface area contributed by atoms with Gasteiger partial charge in [-0.3, -0.25) is 0 Å². The first-order valence-corrected chi connectivity index (χ1v) is 7.89. The lowest BCUT2D eigenvalue weighted by Crippen LogP contribution is -2.42. The Labute approximate surface area is 129 Å². The average molecular weight is 306 g/mol. The Balaban J connectivity index is 1.84. The Hall–Kier alpha value is -1.89. The Morgan fingerprint density at radius 2 is 1.86 bits per heavy atom. The number of hydrogen-bond donors (Lipinski definition) is 2. The molecule has 2 aliphatic heterocycles. The van der Waals surface area contributed by atoms with Crippen LogP contribution in [-0.4, -0.2) is 57.9 Å². The fourth-order valence-corrected chi connectivity index (χ4v) is 3.44. The summed E-state index contributed by atoms with van der Waals surface area (Å²) in [4.78, 5) is 23.9. The highest BCUT2D eigenvalue weighted by atomic mass is 16.4. The van der Waals surface area contributed by atoms with Gasteiger partial charge in [0.15, 0.2) is 0 Å². The van der Waals surface area contributed by atoms with Crippen molar-refractivity contribution < 1.29 is 15.0 Å². The van der Waals surface area contributed by atoms with Crippen molar-refractivity contribution in [1.82, 2.24) is 9.97 Å². The highest BCUT2D eigenvalue weighted by Gasteiger charge is 2.32. The second kappa shape index (κ2) is 6.48. The summed E-state index contributed by atoms with van der Waals surface area (Å²) in [6, 6.07) is 1.44. The van der Waals surface area contributed by atoms with E-state index in [-0.39, 0.29) is 12.6 Å². The van der Waals surface area contributed by atoms with Gasteiger partial charge in [0.1, 0.15) is 24.0 Å². The Morgan fingerprint density at radius 1 is 1.14 bits per heavy atom. The number of rotatable bonds is 4. The molecule has 3 heterocycles. The lowest BCUT2D eigenvalue weighted by Gasteiger charge is -2.36. The molecular formula is C15H22N4O3. The summed E-state index contributed by atoms with van der Waals surface area (Å²) >= 11 is 0. The molecule has 7 heteroatoms. The van der Waals surface area contributed by atoms with E-state index in [1.807, 2.05) is 11.0 Å². The molecule has 120 valence electrons. The Kier molecular flexibility index (Phi) is 4.42. The quantitative estimate of drug-likeness (QED) is 0.853. The molecule has 2 N–H and O–H groups in total. The number of aliphatic hydroxyl groups excluding tert-OH is 1. The van der Waals surface area contributed by atoms with E-state index in [9.17, 15) is 15.0 Å². The Morgan fingerprint density at radius 3 is 2.59 bits per heavy atom. The zero-order valence-electron chi connectivity index (χ0n) is 12.6. The van der Waals surface area contributed by atoms with Crippen LogP contribution in [0.25, 0.3) is 0 Å². The molecule has 2 fully saturated rings. The minimum atomic E-state index is -0.802. The van der Waals surface area contributed by atoms with Crippen LogP contribution in [0.4, 0.5) is 11.6 Å². The highest BCUT2D eigenvalue weighted by Crippen LogP contribution is 2.28. The molecule has 1 aromatic rings. The third-order valence-electron chi connectivity index (χ3n) is 4.60. The maximum Gasteiger partial charge on any atom is 0.326 e. The SMILES string of the molecule is O=C(O)C1CCCN1c1cc(N2CCCCC2CO)ncn1. The number of aliphatic carboxylic acids is 1. The molecule has 2 unspecified atom stereocenters. The molecule has 1 aromatic heterocycles. The lowest BCUT2D eigenvalue weighted by atomic mass is 10.0. The largest absolute Gasteiger partial charge is 0.480 e. The van der Waals surface area contributed by atoms with Crippen molar-refractivity contribution in [1.29, 1.82) is 0 Å². The number of carboxylic acid groups (broad SMARTS) is 1. The molecule has 0 bridgehead atoms. The summed E-state index contributed by atoms with van der Waals surface area (Å²) in [7, 11) is 0. The summed E-state index contributed by atoms with van der Waals surface area (Å²) in [5.74, 6) is 0.640. The minimum Gasteiger partial charge on any atom is -0.480 e. The second-order valence-corrected chi connectivity index (χ2v) is 5.95. The van der Waals surface area contributed by atoms with Crippen LogP contribution in [0.1, 0.15) is 32.1 Å². The van der Waals surface area contributed by atoms with Crippen LogP contribution in [0.3, 0.4) is 0 Å². The van der Waals surface area contributed by atoms with E-state index in [0.29, 0.717) is 18.8 Å². The third-order valence-corrected chi connectivity index (χ3v) is 4.60. The van der Waals surface area contributed by atoms with Crippen LogP contribution in [0.2, 0.25) is 0 Å². The molecular weight excluding hydrogens is 284 g/mol. The number of nitrogens with zero attached hydrogens (tertiary/aromatic N) is 4. The molecule has 0 aromatic carbocycles. The summed E-state index contributed by atoms with van der Waals surface area (Å²) in [6.45, 7) is 1.68. The van der Waals surface area contributed by atoms with Crippen molar-refractivity contribution in [3.63, 3.8) is 0 Å². The smallest absolute Gasteiger partial charge is 0.326 e. The van der Waals surface area contributed by atoms with E-state index in [1.165, 1.54) is 6.33 Å². The molecule has 0 aliphatic carbocycles. The molecule has 0 amide bonds. The predicted octanol–water partition coefficient (Wildman–Crippen LogP) is 0.881. The second-order valence-electron chi connectivity index (χ2n) is 5.95. The van der Waals surface area contributed by atoms with Crippen LogP contribution in [-0.2, 0) is 4.79 Å². The van der Waals surface area contributed by atoms with Gasteiger partial charge < -0.3 is 20.0 Å². The third kappa shape index (κ3) is 2.85. The number of anilines is 2. The molecule has 2 atom stereocenters. The van der Waals surface area contributed by atoms with Gasteiger partial charge in [0, 0.05) is 19.2 Å². The van der Waals surface area contributed by atoms with E-state index in [2.05, 4.69) is 14.9 Å². The molecule has 0 radical (unpaired) electrons. The molecule has 2 aliphatic rings. The normalized spacial score (nSPS) is 25.5. The van der Waals surface area contributed by atoms with Crippen LogP contribution >= 0.6 is 0 Å². The average Bonchev–Trinajstić information content (AvgIpc) is 3.05. The number of aliphatic hydroxyl groups is 1. The van der Waals surface area contributed by atoms with Crippen LogP contribution < -0.4 is 9.80 Å². The predicted molar refractivity (Wildman–Crippen MR) is 82.1 cm³/mol. The van der Waals surface area contributed by atoms with Crippen molar-refractivity contribution in [2.45, 2.75) is 44.2 Å². The molecule has 2 saturated heterocycles. The molecule has 3 rings (SSSR count). The zero-order chi connectivity index (χ0) is 15.5. The van der Waals surface area contributed by atoms with Gasteiger partial charge in [-0.1, -0.05) is 0 Å². The van der Waals surface area contributed by atoms with Gasteiger partial charge in [-0.25, -0.2) is 14.8 Å². The van der Waals surface area contributed by atoms with Crippen molar-refractivity contribution >= 4 is 17.6 Å². The number of piperidine rings is 1. The standard InChI is InChI=1S/C15H22N4O3/c20-9-11-4-1-2-6-18(11)13-8-14(17-10-16-13)19-7-3-5-12(19)15(21)22/h8,10-12,20H,1-7,9H2,(H,21,22). The van der Waals surface area contributed by atoms with E-state index in [0.717, 1.165) is 38.0 Å². The van der Waals surface area contributed by atoms with Gasteiger partial charge in [-0.2, -0.15) is 0 Å². The van der Waals surface area contributed by atoms with Crippen molar-refractivity contribution in [2.75, 3.05) is 29.5 Å². The van der Waals surface area contributed by atoms with Gasteiger partial charge in [0.2, 0.25) is 0 Å².